The maximum Gasteiger partial charge on any atom is 0.220 e. The van der Waals surface area contributed by atoms with Crippen LogP contribution in [0.25, 0.3) is 0 Å². The second-order valence-corrected chi connectivity index (χ2v) is 17.9. The van der Waals surface area contributed by atoms with E-state index >= 15 is 0 Å². The highest BCUT2D eigenvalue weighted by Gasteiger charge is 2.17. The summed E-state index contributed by atoms with van der Waals surface area (Å²) in [7, 11) is 0. The zero-order valence-electron chi connectivity index (χ0n) is 41.1. The van der Waals surface area contributed by atoms with Crippen LogP contribution in [0.15, 0.2) is 85.1 Å². The van der Waals surface area contributed by atoms with Crippen LogP contribution in [0.1, 0.15) is 258 Å². The first kappa shape index (κ1) is 59.6. The van der Waals surface area contributed by atoms with Crippen LogP contribution in [-0.4, -0.2) is 34.9 Å². The fourth-order valence-corrected chi connectivity index (χ4v) is 7.79. The Labute approximate surface area is 386 Å². The largest absolute Gasteiger partial charge is 0.394 e. The van der Waals surface area contributed by atoms with Crippen molar-refractivity contribution in [2.45, 2.75) is 270 Å². The summed E-state index contributed by atoms with van der Waals surface area (Å²) in [6, 6.07) is -0.649. The van der Waals surface area contributed by atoms with Gasteiger partial charge in [0.2, 0.25) is 5.91 Å². The van der Waals surface area contributed by atoms with Gasteiger partial charge in [-0.25, -0.2) is 0 Å². The van der Waals surface area contributed by atoms with Gasteiger partial charge in [-0.3, -0.25) is 4.79 Å². The number of carbonyl (C=O) groups excluding carboxylic acids is 1. The number of carbonyl (C=O) groups is 1. The quantitative estimate of drug-likeness (QED) is 0.0422. The number of rotatable bonds is 48. The van der Waals surface area contributed by atoms with Crippen molar-refractivity contribution in [2.75, 3.05) is 6.61 Å². The van der Waals surface area contributed by atoms with Crippen LogP contribution in [0, 0.1) is 0 Å². The third-order valence-electron chi connectivity index (χ3n) is 11.8. The smallest absolute Gasteiger partial charge is 0.220 e. The number of hydrogen-bond donors (Lipinski definition) is 3. The zero-order chi connectivity index (χ0) is 44.9. The van der Waals surface area contributed by atoms with E-state index in [0.29, 0.717) is 6.42 Å². The molecule has 0 aliphatic carbocycles. The highest BCUT2D eigenvalue weighted by molar-refractivity contribution is 5.76. The van der Waals surface area contributed by atoms with Gasteiger partial charge in [-0.1, -0.05) is 253 Å². The van der Waals surface area contributed by atoms with E-state index in [4.69, 9.17) is 0 Å². The summed E-state index contributed by atoms with van der Waals surface area (Å²) in [6.45, 7) is 4.19. The highest BCUT2D eigenvalue weighted by atomic mass is 16.3. The average molecular weight is 862 g/mol. The van der Waals surface area contributed by atoms with E-state index in [9.17, 15) is 15.0 Å². The van der Waals surface area contributed by atoms with E-state index in [1.54, 1.807) is 6.08 Å². The summed E-state index contributed by atoms with van der Waals surface area (Å²) in [4.78, 5) is 12.5. The Morgan fingerprint density at radius 3 is 1.13 bits per heavy atom. The number of aliphatic hydroxyl groups excluding tert-OH is 2. The molecule has 3 N–H and O–H groups in total. The number of hydrogen-bond acceptors (Lipinski definition) is 3. The SMILES string of the molecule is CC/C=C\C/C=C\C/C=C\C/C=C\CCCCCCCCCCCCCCCCCCC(=O)NC(CO)C(O)/C=C/CC/C=C/CC/C=C/CCCCCCCCCCCCC. The van der Waals surface area contributed by atoms with Crippen molar-refractivity contribution < 1.29 is 15.0 Å². The lowest BCUT2D eigenvalue weighted by molar-refractivity contribution is -0.123. The topological polar surface area (TPSA) is 69.6 Å². The molecular weight excluding hydrogens is 759 g/mol. The number of aliphatic hydroxyl groups is 2. The fourth-order valence-electron chi connectivity index (χ4n) is 7.79. The molecule has 4 nitrogen and oxygen atoms in total. The van der Waals surface area contributed by atoms with Gasteiger partial charge in [0, 0.05) is 6.42 Å². The summed E-state index contributed by atoms with van der Waals surface area (Å²) in [6.07, 6.45) is 77.3. The Bertz CT molecular complexity index is 1110. The zero-order valence-corrected chi connectivity index (χ0v) is 41.1. The Hall–Kier alpha value is -2.43. The van der Waals surface area contributed by atoms with Gasteiger partial charge < -0.3 is 15.5 Å². The Morgan fingerprint density at radius 1 is 0.403 bits per heavy atom. The predicted octanol–water partition coefficient (Wildman–Crippen LogP) is 17.6. The van der Waals surface area contributed by atoms with Crippen LogP contribution in [-0.2, 0) is 4.79 Å². The molecule has 0 radical (unpaired) electrons. The summed E-state index contributed by atoms with van der Waals surface area (Å²) in [5.41, 5.74) is 0. The van der Waals surface area contributed by atoms with Crippen LogP contribution in [0.4, 0.5) is 0 Å². The first-order valence-electron chi connectivity index (χ1n) is 26.8. The standard InChI is InChI=1S/C58H103NO3/c1-3-5-7-9-11-13-15-17-19-21-23-25-26-27-28-29-30-31-32-34-36-38-40-42-44-46-48-50-52-54-58(62)59-56(55-60)57(61)53-51-49-47-45-43-41-39-37-35-33-24-22-20-18-16-14-12-10-8-6-4-2/h5,7,11,13,17,19,23,25,35,37,43,45,51,53,56-57,60-61H,3-4,6,8-10,12,14-16,18,20-22,24,26-34,36,38-42,44,46-50,52,54-55H2,1-2H3,(H,59,62)/b7-5-,13-11-,19-17-,25-23-,37-35+,45-43+,53-51+. The molecule has 0 spiro atoms. The van der Waals surface area contributed by atoms with Gasteiger partial charge in [0.05, 0.1) is 18.8 Å². The highest BCUT2D eigenvalue weighted by Crippen LogP contribution is 2.16. The van der Waals surface area contributed by atoms with Gasteiger partial charge >= 0.3 is 0 Å². The van der Waals surface area contributed by atoms with Crippen LogP contribution in [0.5, 0.6) is 0 Å². The van der Waals surface area contributed by atoms with Crippen molar-refractivity contribution >= 4 is 5.91 Å². The van der Waals surface area contributed by atoms with Crippen LogP contribution in [0.2, 0.25) is 0 Å². The molecule has 0 saturated heterocycles. The number of allylic oxidation sites excluding steroid dienone is 13. The summed E-state index contributed by atoms with van der Waals surface area (Å²) < 4.78 is 0. The minimum Gasteiger partial charge on any atom is -0.394 e. The molecule has 0 bridgehead atoms. The van der Waals surface area contributed by atoms with E-state index < -0.39 is 12.1 Å². The molecule has 0 heterocycles. The number of amides is 1. The predicted molar refractivity (Wildman–Crippen MR) is 276 cm³/mol. The first-order valence-corrected chi connectivity index (χ1v) is 26.8. The van der Waals surface area contributed by atoms with E-state index in [0.717, 1.165) is 64.2 Å². The van der Waals surface area contributed by atoms with Crippen LogP contribution in [0.3, 0.4) is 0 Å². The average Bonchev–Trinajstić information content (AvgIpc) is 3.28. The van der Waals surface area contributed by atoms with Crippen molar-refractivity contribution in [2.24, 2.45) is 0 Å². The molecule has 62 heavy (non-hydrogen) atoms. The van der Waals surface area contributed by atoms with Gasteiger partial charge in [-0.2, -0.15) is 0 Å². The Balaban J connectivity index is 3.57. The molecule has 2 unspecified atom stereocenters. The number of unbranched alkanes of at least 4 members (excludes halogenated alkanes) is 29. The minimum absolute atomic E-state index is 0.0787. The van der Waals surface area contributed by atoms with Crippen LogP contribution >= 0.6 is 0 Å². The Morgan fingerprint density at radius 2 is 0.726 bits per heavy atom. The van der Waals surface area contributed by atoms with E-state index in [2.05, 4.69) is 92.1 Å². The molecule has 0 rings (SSSR count). The van der Waals surface area contributed by atoms with Crippen molar-refractivity contribution in [1.29, 1.82) is 0 Å². The molecule has 0 aliphatic heterocycles. The summed E-state index contributed by atoms with van der Waals surface area (Å²) in [5.74, 6) is -0.0787. The van der Waals surface area contributed by atoms with Gasteiger partial charge in [0.25, 0.3) is 0 Å². The molecule has 0 aromatic carbocycles. The minimum atomic E-state index is -0.874. The fraction of sp³-hybridized carbons (Fsp3) is 0.741. The number of nitrogens with one attached hydrogen (secondary N) is 1. The van der Waals surface area contributed by atoms with Crippen molar-refractivity contribution in [1.82, 2.24) is 5.32 Å². The summed E-state index contributed by atoms with van der Waals surface area (Å²) >= 11 is 0. The van der Waals surface area contributed by atoms with E-state index in [-0.39, 0.29) is 12.5 Å². The molecule has 0 saturated carbocycles. The van der Waals surface area contributed by atoms with Gasteiger partial charge in [-0.15, -0.1) is 0 Å². The third-order valence-corrected chi connectivity index (χ3v) is 11.8. The van der Waals surface area contributed by atoms with Gasteiger partial charge in [0.15, 0.2) is 0 Å². The molecule has 4 heteroatoms. The second kappa shape index (κ2) is 52.9. The lowest BCUT2D eigenvalue weighted by atomic mass is 10.0. The Kier molecular flexibility index (Phi) is 50.8. The van der Waals surface area contributed by atoms with Crippen LogP contribution < -0.4 is 5.32 Å². The monoisotopic (exact) mass is 862 g/mol. The van der Waals surface area contributed by atoms with Gasteiger partial charge in [0.1, 0.15) is 0 Å². The van der Waals surface area contributed by atoms with E-state index in [1.165, 1.54) is 173 Å². The third kappa shape index (κ3) is 48.6. The lowest BCUT2D eigenvalue weighted by Gasteiger charge is -2.19. The molecule has 0 aliphatic rings. The molecule has 0 fully saturated rings. The molecule has 0 aromatic rings. The molecule has 358 valence electrons. The first-order chi connectivity index (χ1) is 30.7. The lowest BCUT2D eigenvalue weighted by Crippen LogP contribution is -2.45. The van der Waals surface area contributed by atoms with Crippen molar-refractivity contribution in [3.8, 4) is 0 Å². The normalized spacial score (nSPS) is 13.5. The van der Waals surface area contributed by atoms with Crippen molar-refractivity contribution in [3.63, 3.8) is 0 Å². The molecule has 0 aromatic heterocycles. The van der Waals surface area contributed by atoms with Gasteiger partial charge in [-0.05, 0) is 83.5 Å². The maximum absolute atomic E-state index is 12.5. The van der Waals surface area contributed by atoms with E-state index in [1.807, 2.05) is 6.08 Å². The summed E-state index contributed by atoms with van der Waals surface area (Å²) in [5, 5.41) is 23.1. The van der Waals surface area contributed by atoms with Crippen molar-refractivity contribution in [3.05, 3.63) is 85.1 Å². The second-order valence-electron chi connectivity index (χ2n) is 17.9. The molecular formula is C58H103NO3. The molecule has 1 amide bonds. The molecule has 2 atom stereocenters. The maximum atomic E-state index is 12.5.